The molecule has 8 heteroatoms. The highest BCUT2D eigenvalue weighted by atomic mass is 32.2. The Hall–Kier alpha value is -2.68. The van der Waals surface area contributed by atoms with Crippen LogP contribution in [0, 0.1) is 0 Å². The third-order valence-electron chi connectivity index (χ3n) is 4.42. The molecule has 1 unspecified atom stereocenters. The maximum Gasteiger partial charge on any atom is 0.271 e. The highest BCUT2D eigenvalue weighted by Crippen LogP contribution is 2.21. The molecule has 29 heavy (non-hydrogen) atoms. The van der Waals surface area contributed by atoms with Crippen LogP contribution in [-0.4, -0.2) is 39.9 Å². The summed E-state index contributed by atoms with van der Waals surface area (Å²) >= 11 is 1.15. The van der Waals surface area contributed by atoms with Crippen LogP contribution in [0.3, 0.4) is 0 Å². The molecule has 6 nitrogen and oxygen atoms in total. The van der Waals surface area contributed by atoms with Gasteiger partial charge in [-0.1, -0.05) is 36.4 Å². The minimum atomic E-state index is -3.60. The van der Waals surface area contributed by atoms with Crippen molar-refractivity contribution in [2.24, 2.45) is 0 Å². The van der Waals surface area contributed by atoms with Gasteiger partial charge < -0.3 is 10.2 Å². The van der Waals surface area contributed by atoms with Crippen LogP contribution < -0.4 is 10.0 Å². The number of hydrogen-bond donors (Lipinski definition) is 2. The number of carbonyl (C=O) groups excluding carboxylic acids is 1. The standard InChI is InChI=1S/C21H23N3O3S2/c1-24(2)19(16-7-4-3-5-8-16)15-22-21(25)17-10-12-18(13-11-17)23-29(26,27)20-9-6-14-28-20/h3-14,19,23H,15H2,1-2H3,(H,22,25). The van der Waals surface area contributed by atoms with Gasteiger partial charge in [0.25, 0.3) is 15.9 Å². The van der Waals surface area contributed by atoms with E-state index >= 15 is 0 Å². The first-order chi connectivity index (χ1) is 13.9. The number of carbonyl (C=O) groups is 1. The van der Waals surface area contributed by atoms with E-state index in [1.54, 1.807) is 41.8 Å². The first-order valence-corrected chi connectivity index (χ1v) is 11.4. The number of thiophene rings is 1. The van der Waals surface area contributed by atoms with Crippen LogP contribution in [0.2, 0.25) is 0 Å². The van der Waals surface area contributed by atoms with Gasteiger partial charge in [-0.3, -0.25) is 9.52 Å². The Balaban J connectivity index is 1.63. The molecule has 152 valence electrons. The van der Waals surface area contributed by atoms with E-state index in [1.165, 1.54) is 0 Å². The van der Waals surface area contributed by atoms with Crippen molar-refractivity contribution in [1.82, 2.24) is 10.2 Å². The van der Waals surface area contributed by atoms with Crippen LogP contribution in [0.1, 0.15) is 22.0 Å². The Kier molecular flexibility index (Phi) is 6.68. The molecule has 3 aromatic rings. The average molecular weight is 430 g/mol. The molecular weight excluding hydrogens is 406 g/mol. The highest BCUT2D eigenvalue weighted by Gasteiger charge is 2.17. The van der Waals surface area contributed by atoms with Crippen LogP contribution >= 0.6 is 11.3 Å². The Morgan fingerprint density at radius 1 is 1.00 bits per heavy atom. The van der Waals surface area contributed by atoms with E-state index in [9.17, 15) is 13.2 Å². The monoisotopic (exact) mass is 429 g/mol. The van der Waals surface area contributed by atoms with Crippen LogP contribution in [-0.2, 0) is 10.0 Å². The van der Waals surface area contributed by atoms with E-state index in [2.05, 4.69) is 14.9 Å². The molecule has 0 aliphatic carbocycles. The second-order valence-corrected chi connectivity index (χ2v) is 9.57. The summed E-state index contributed by atoms with van der Waals surface area (Å²) in [5, 5.41) is 4.66. The summed E-state index contributed by atoms with van der Waals surface area (Å²) in [7, 11) is 0.339. The van der Waals surface area contributed by atoms with Crippen LogP contribution in [0.5, 0.6) is 0 Å². The molecule has 0 aliphatic heterocycles. The Morgan fingerprint density at radius 2 is 1.69 bits per heavy atom. The summed E-state index contributed by atoms with van der Waals surface area (Å²) in [6.45, 7) is 0.461. The number of nitrogens with zero attached hydrogens (tertiary/aromatic N) is 1. The van der Waals surface area contributed by atoms with E-state index in [0.29, 0.717) is 17.8 Å². The van der Waals surface area contributed by atoms with Gasteiger partial charge in [-0.25, -0.2) is 8.42 Å². The lowest BCUT2D eigenvalue weighted by Crippen LogP contribution is -2.34. The van der Waals surface area contributed by atoms with E-state index in [-0.39, 0.29) is 16.2 Å². The zero-order valence-electron chi connectivity index (χ0n) is 16.2. The molecule has 0 bridgehead atoms. The quantitative estimate of drug-likeness (QED) is 0.574. The molecule has 1 atom stereocenters. The summed E-state index contributed by atoms with van der Waals surface area (Å²) < 4.78 is 27.3. The van der Waals surface area contributed by atoms with Gasteiger partial charge >= 0.3 is 0 Å². The maximum atomic E-state index is 12.5. The summed E-state index contributed by atoms with van der Waals surface area (Å²) in [5.41, 5.74) is 2.00. The molecule has 0 aliphatic rings. The van der Waals surface area contributed by atoms with Gasteiger partial charge in [0.2, 0.25) is 0 Å². The number of hydrogen-bond acceptors (Lipinski definition) is 5. The minimum absolute atomic E-state index is 0.0528. The molecule has 3 rings (SSSR count). The van der Waals surface area contributed by atoms with Gasteiger partial charge in [0.05, 0.1) is 6.04 Å². The summed E-state index contributed by atoms with van der Waals surface area (Å²) in [5.74, 6) is -0.208. The van der Waals surface area contributed by atoms with Crippen molar-refractivity contribution < 1.29 is 13.2 Å². The van der Waals surface area contributed by atoms with E-state index < -0.39 is 10.0 Å². The van der Waals surface area contributed by atoms with Crippen molar-refractivity contribution >= 4 is 33.0 Å². The topological polar surface area (TPSA) is 78.5 Å². The van der Waals surface area contributed by atoms with Crippen LogP contribution in [0.15, 0.2) is 76.3 Å². The molecule has 0 spiro atoms. The molecule has 1 aromatic heterocycles. The first kappa shape index (κ1) is 21.0. The van der Waals surface area contributed by atoms with Gasteiger partial charge in [-0.2, -0.15) is 0 Å². The van der Waals surface area contributed by atoms with Gasteiger partial charge in [0.15, 0.2) is 0 Å². The molecule has 2 aromatic carbocycles. The number of anilines is 1. The number of benzene rings is 2. The molecule has 0 saturated carbocycles. The Bertz CT molecular complexity index is 1030. The zero-order valence-corrected chi connectivity index (χ0v) is 17.8. The van der Waals surface area contributed by atoms with Crippen LogP contribution in [0.4, 0.5) is 5.69 Å². The number of nitrogens with one attached hydrogen (secondary N) is 2. The minimum Gasteiger partial charge on any atom is -0.350 e. The second kappa shape index (κ2) is 9.21. The van der Waals surface area contributed by atoms with Crippen molar-refractivity contribution in [3.05, 3.63) is 83.2 Å². The lowest BCUT2D eigenvalue weighted by molar-refractivity contribution is 0.0942. The maximum absolute atomic E-state index is 12.5. The third kappa shape index (κ3) is 5.44. The van der Waals surface area contributed by atoms with Crippen LogP contribution in [0.25, 0.3) is 0 Å². The number of amides is 1. The number of likely N-dealkylation sites (N-methyl/N-ethyl adjacent to an activating group) is 1. The van der Waals surface area contributed by atoms with Crippen molar-refractivity contribution in [2.75, 3.05) is 25.4 Å². The van der Waals surface area contributed by atoms with E-state index in [1.807, 2.05) is 44.4 Å². The highest BCUT2D eigenvalue weighted by molar-refractivity contribution is 7.94. The fourth-order valence-electron chi connectivity index (χ4n) is 2.88. The largest absolute Gasteiger partial charge is 0.350 e. The van der Waals surface area contributed by atoms with Crippen molar-refractivity contribution in [1.29, 1.82) is 0 Å². The first-order valence-electron chi connectivity index (χ1n) is 9.03. The van der Waals surface area contributed by atoms with Crippen molar-refractivity contribution in [3.63, 3.8) is 0 Å². The van der Waals surface area contributed by atoms with E-state index in [0.717, 1.165) is 16.9 Å². The van der Waals surface area contributed by atoms with Gasteiger partial charge in [-0.05, 0) is 55.4 Å². The third-order valence-corrected chi connectivity index (χ3v) is 7.20. The zero-order chi connectivity index (χ0) is 20.9. The molecular formula is C21H23N3O3S2. The van der Waals surface area contributed by atoms with Gasteiger partial charge in [-0.15, -0.1) is 11.3 Å². The number of sulfonamides is 1. The Morgan fingerprint density at radius 3 is 2.28 bits per heavy atom. The lowest BCUT2D eigenvalue weighted by Gasteiger charge is -2.25. The molecule has 0 radical (unpaired) electrons. The normalized spacial score (nSPS) is 12.5. The summed E-state index contributed by atoms with van der Waals surface area (Å²) in [6.07, 6.45) is 0. The SMILES string of the molecule is CN(C)C(CNC(=O)c1ccc(NS(=O)(=O)c2cccs2)cc1)c1ccccc1. The fourth-order valence-corrected chi connectivity index (χ4v) is 4.93. The predicted octanol–water partition coefficient (Wildman–Crippen LogP) is 3.58. The van der Waals surface area contributed by atoms with E-state index in [4.69, 9.17) is 0 Å². The van der Waals surface area contributed by atoms with Gasteiger partial charge in [0.1, 0.15) is 4.21 Å². The fraction of sp³-hybridized carbons (Fsp3) is 0.190. The smallest absolute Gasteiger partial charge is 0.271 e. The summed E-state index contributed by atoms with van der Waals surface area (Å²) in [6, 6.07) is 19.6. The second-order valence-electron chi connectivity index (χ2n) is 6.72. The average Bonchev–Trinajstić information content (AvgIpc) is 3.25. The molecule has 0 fully saturated rings. The molecule has 1 heterocycles. The molecule has 2 N–H and O–H groups in total. The van der Waals surface area contributed by atoms with Gasteiger partial charge in [0, 0.05) is 17.8 Å². The Labute approximate surface area is 175 Å². The van der Waals surface area contributed by atoms with Crippen molar-refractivity contribution in [2.45, 2.75) is 10.3 Å². The van der Waals surface area contributed by atoms with Crippen molar-refractivity contribution in [3.8, 4) is 0 Å². The molecule has 1 amide bonds. The predicted molar refractivity (Wildman–Crippen MR) is 117 cm³/mol. The summed E-state index contributed by atoms with van der Waals surface area (Å²) in [4.78, 5) is 14.6. The molecule has 0 saturated heterocycles. The lowest BCUT2D eigenvalue weighted by atomic mass is 10.1. The number of rotatable bonds is 8.